The fourth-order valence-electron chi connectivity index (χ4n) is 2.85. The van der Waals surface area contributed by atoms with Crippen molar-refractivity contribution in [3.05, 3.63) is 95.6 Å². The molecule has 1 unspecified atom stereocenters. The maximum atomic E-state index is 12.3. The van der Waals surface area contributed by atoms with E-state index < -0.39 is 15.9 Å². The van der Waals surface area contributed by atoms with E-state index in [1.165, 1.54) is 0 Å². The molecule has 3 rings (SSSR count). The van der Waals surface area contributed by atoms with E-state index >= 15 is 0 Å². The summed E-state index contributed by atoms with van der Waals surface area (Å²) in [7, 11) is -3.40. The van der Waals surface area contributed by atoms with Crippen molar-refractivity contribution >= 4 is 9.84 Å². The lowest BCUT2D eigenvalue weighted by Crippen LogP contribution is -2.15. The minimum atomic E-state index is -3.40. The lowest BCUT2D eigenvalue weighted by molar-refractivity contribution is 0.0427. The van der Waals surface area contributed by atoms with E-state index in [2.05, 4.69) is 0 Å². The van der Waals surface area contributed by atoms with Crippen molar-refractivity contribution in [1.82, 2.24) is 0 Å². The first-order chi connectivity index (χ1) is 14.4. The Bertz CT molecular complexity index is 1010. The van der Waals surface area contributed by atoms with E-state index in [9.17, 15) is 13.5 Å². The third-order valence-electron chi connectivity index (χ3n) is 4.67. The van der Waals surface area contributed by atoms with Crippen molar-refractivity contribution in [2.45, 2.75) is 24.5 Å². The van der Waals surface area contributed by atoms with E-state index in [-0.39, 0.29) is 23.9 Å². The molecule has 30 heavy (non-hydrogen) atoms. The van der Waals surface area contributed by atoms with Crippen LogP contribution in [0.15, 0.2) is 83.8 Å². The summed E-state index contributed by atoms with van der Waals surface area (Å²) in [5.41, 5.74) is 2.77. The van der Waals surface area contributed by atoms with Crippen LogP contribution in [0.4, 0.5) is 0 Å². The average molecular weight is 427 g/mol. The van der Waals surface area contributed by atoms with Crippen LogP contribution >= 0.6 is 0 Å². The Kier molecular flexibility index (Phi) is 7.63. The number of benzene rings is 3. The molecule has 0 aliphatic heterocycles. The predicted octanol–water partition coefficient (Wildman–Crippen LogP) is 4.10. The van der Waals surface area contributed by atoms with Crippen molar-refractivity contribution in [1.29, 1.82) is 0 Å². The van der Waals surface area contributed by atoms with Crippen LogP contribution < -0.4 is 4.74 Å². The first-order valence-corrected chi connectivity index (χ1v) is 11.4. The van der Waals surface area contributed by atoms with Crippen LogP contribution in [-0.2, 0) is 21.2 Å². The molecule has 0 aliphatic rings. The maximum absolute atomic E-state index is 12.3. The monoisotopic (exact) mass is 426 g/mol. The lowest BCUT2D eigenvalue weighted by atomic mass is 10.1. The van der Waals surface area contributed by atoms with Gasteiger partial charge in [-0.05, 0) is 42.3 Å². The van der Waals surface area contributed by atoms with Crippen LogP contribution in [0.25, 0.3) is 0 Å². The van der Waals surface area contributed by atoms with Gasteiger partial charge in [-0.25, -0.2) is 8.42 Å². The molecular formula is C24H26O5S. The number of sulfone groups is 1. The Morgan fingerprint density at radius 3 is 2.23 bits per heavy atom. The van der Waals surface area contributed by atoms with E-state index in [1.807, 2.05) is 37.3 Å². The van der Waals surface area contributed by atoms with Gasteiger partial charge in [-0.15, -0.1) is 0 Å². The van der Waals surface area contributed by atoms with E-state index in [1.54, 1.807) is 48.5 Å². The summed E-state index contributed by atoms with van der Waals surface area (Å²) in [5, 5.41) is 10.3. The molecule has 0 aliphatic carbocycles. The Hall–Kier alpha value is -2.67. The topological polar surface area (TPSA) is 72.8 Å². The number of rotatable bonds is 10. The predicted molar refractivity (Wildman–Crippen MR) is 116 cm³/mol. The quantitative estimate of drug-likeness (QED) is 0.494. The third-order valence-corrected chi connectivity index (χ3v) is 6.36. The number of hydrogen-bond acceptors (Lipinski definition) is 5. The minimum absolute atomic E-state index is 0.0194. The number of hydrogen-bond donors (Lipinski definition) is 1. The molecule has 0 fully saturated rings. The summed E-state index contributed by atoms with van der Waals surface area (Å²) in [4.78, 5) is 0.281. The molecule has 0 amide bonds. The average Bonchev–Trinajstić information content (AvgIpc) is 2.76. The summed E-state index contributed by atoms with van der Waals surface area (Å²) in [6.07, 6.45) is -0.838. The van der Waals surface area contributed by atoms with Gasteiger partial charge in [0.1, 0.15) is 18.5 Å². The van der Waals surface area contributed by atoms with Crippen LogP contribution in [-0.4, -0.2) is 32.5 Å². The van der Waals surface area contributed by atoms with Gasteiger partial charge in [0.25, 0.3) is 0 Å². The van der Waals surface area contributed by atoms with E-state index in [4.69, 9.17) is 9.47 Å². The van der Waals surface area contributed by atoms with Crippen molar-refractivity contribution in [2.75, 3.05) is 19.0 Å². The molecule has 1 atom stereocenters. The van der Waals surface area contributed by atoms with Crippen LogP contribution in [0.5, 0.6) is 5.75 Å². The van der Waals surface area contributed by atoms with Crippen LogP contribution in [0.1, 0.15) is 22.8 Å². The van der Waals surface area contributed by atoms with Crippen LogP contribution in [0.2, 0.25) is 0 Å². The van der Waals surface area contributed by atoms with Crippen molar-refractivity contribution in [3.63, 3.8) is 0 Å². The van der Waals surface area contributed by atoms with Gasteiger partial charge < -0.3 is 14.6 Å². The number of ether oxygens (including phenoxy) is 2. The molecule has 0 radical (unpaired) electrons. The molecule has 0 spiro atoms. The highest BCUT2D eigenvalue weighted by Crippen LogP contribution is 2.19. The second kappa shape index (κ2) is 10.4. The van der Waals surface area contributed by atoms with Gasteiger partial charge in [-0.2, -0.15) is 0 Å². The minimum Gasteiger partial charge on any atom is -0.489 e. The van der Waals surface area contributed by atoms with Gasteiger partial charge in [-0.1, -0.05) is 60.2 Å². The van der Waals surface area contributed by atoms with Crippen molar-refractivity contribution in [3.8, 4) is 5.75 Å². The molecular weight excluding hydrogens is 400 g/mol. The summed E-state index contributed by atoms with van der Waals surface area (Å²) in [5.74, 6) is 0.578. The second-order valence-electron chi connectivity index (χ2n) is 7.07. The first-order valence-electron chi connectivity index (χ1n) is 9.76. The molecule has 0 aromatic heterocycles. The summed E-state index contributed by atoms with van der Waals surface area (Å²) in [6.45, 7) is 2.42. The highest BCUT2D eigenvalue weighted by molar-refractivity contribution is 7.91. The van der Waals surface area contributed by atoms with Crippen molar-refractivity contribution < 1.29 is 23.0 Å². The molecule has 3 aromatic rings. The van der Waals surface area contributed by atoms with Gasteiger partial charge in [0.05, 0.1) is 23.9 Å². The highest BCUT2D eigenvalue weighted by Gasteiger charge is 2.15. The van der Waals surface area contributed by atoms with Gasteiger partial charge >= 0.3 is 0 Å². The SMILES string of the molecule is Cc1ccc(S(=O)(=O)CCOCC(O)c2ccc(OCc3ccccc3)cc2)cc1. The van der Waals surface area contributed by atoms with Crippen molar-refractivity contribution in [2.24, 2.45) is 0 Å². The second-order valence-corrected chi connectivity index (χ2v) is 9.18. The zero-order valence-electron chi connectivity index (χ0n) is 16.9. The third kappa shape index (κ3) is 6.42. The molecule has 0 saturated heterocycles. The smallest absolute Gasteiger partial charge is 0.180 e. The zero-order valence-corrected chi connectivity index (χ0v) is 17.7. The number of aryl methyl sites for hydroxylation is 1. The van der Waals surface area contributed by atoms with Gasteiger partial charge in [0, 0.05) is 0 Å². The fraction of sp³-hybridized carbons (Fsp3) is 0.250. The Morgan fingerprint density at radius 2 is 1.57 bits per heavy atom. The largest absolute Gasteiger partial charge is 0.489 e. The van der Waals surface area contributed by atoms with Gasteiger partial charge in [0.15, 0.2) is 9.84 Å². The maximum Gasteiger partial charge on any atom is 0.180 e. The number of aliphatic hydroxyl groups is 1. The van der Waals surface area contributed by atoms with Gasteiger partial charge in [0.2, 0.25) is 0 Å². The molecule has 158 valence electrons. The standard InChI is InChI=1S/C24H26O5S/c1-19-7-13-23(14-8-19)30(26,27)16-15-28-18-24(25)21-9-11-22(12-10-21)29-17-20-5-3-2-4-6-20/h2-14,24-25H,15-18H2,1H3. The molecule has 0 saturated carbocycles. The molecule has 5 nitrogen and oxygen atoms in total. The molecule has 1 N–H and O–H groups in total. The summed E-state index contributed by atoms with van der Waals surface area (Å²) >= 11 is 0. The molecule has 0 bridgehead atoms. The molecule has 6 heteroatoms. The van der Waals surface area contributed by atoms with E-state index in [0.717, 1.165) is 11.1 Å². The molecule has 0 heterocycles. The first kappa shape index (κ1) is 22.0. The normalized spacial score (nSPS) is 12.5. The van der Waals surface area contributed by atoms with Crippen LogP contribution in [0, 0.1) is 6.92 Å². The van der Waals surface area contributed by atoms with E-state index in [0.29, 0.717) is 17.9 Å². The lowest BCUT2D eigenvalue weighted by Gasteiger charge is -2.13. The fourth-order valence-corrected chi connectivity index (χ4v) is 3.97. The highest BCUT2D eigenvalue weighted by atomic mass is 32.2. The zero-order chi connectivity index (χ0) is 21.4. The Morgan fingerprint density at radius 1 is 0.900 bits per heavy atom. The number of aliphatic hydroxyl groups excluding tert-OH is 1. The van der Waals surface area contributed by atoms with Crippen LogP contribution in [0.3, 0.4) is 0 Å². The molecule has 3 aromatic carbocycles. The Labute approximate surface area is 177 Å². The Balaban J connectivity index is 1.43. The summed E-state index contributed by atoms with van der Waals surface area (Å²) < 4.78 is 35.7. The van der Waals surface area contributed by atoms with Gasteiger partial charge in [-0.3, -0.25) is 0 Å². The summed E-state index contributed by atoms with van der Waals surface area (Å²) in [6, 6.07) is 23.7.